The minimum absolute atomic E-state index is 0.0386. The zero-order valence-corrected chi connectivity index (χ0v) is 8.76. The van der Waals surface area contributed by atoms with Gasteiger partial charge in [0.05, 0.1) is 0 Å². The molecular weight excluding hydrogens is 196 g/mol. The summed E-state index contributed by atoms with van der Waals surface area (Å²) in [7, 11) is 0. The van der Waals surface area contributed by atoms with Crippen LogP contribution in [0.3, 0.4) is 0 Å². The second-order valence-corrected chi connectivity index (χ2v) is 4.30. The fourth-order valence-electron chi connectivity index (χ4n) is 1.77. The molecule has 1 aliphatic heterocycles. The van der Waals surface area contributed by atoms with E-state index in [-0.39, 0.29) is 17.9 Å². The van der Waals surface area contributed by atoms with E-state index in [2.05, 4.69) is 5.32 Å². The van der Waals surface area contributed by atoms with Crippen LogP contribution in [-0.4, -0.2) is 13.1 Å². The van der Waals surface area contributed by atoms with Crippen LogP contribution in [0.2, 0.25) is 0 Å². The molecule has 0 unspecified atom stereocenters. The van der Waals surface area contributed by atoms with Crippen molar-refractivity contribution in [1.82, 2.24) is 5.32 Å². The summed E-state index contributed by atoms with van der Waals surface area (Å²) in [5.41, 5.74) is 1.15. The van der Waals surface area contributed by atoms with E-state index in [0.29, 0.717) is 0 Å². The summed E-state index contributed by atoms with van der Waals surface area (Å²) in [6.45, 7) is 3.35. The highest BCUT2D eigenvalue weighted by Crippen LogP contribution is 2.35. The van der Waals surface area contributed by atoms with Gasteiger partial charge in [-0.2, -0.15) is 0 Å². The summed E-state index contributed by atoms with van der Waals surface area (Å²) < 4.78 is 27.5. The SMILES string of the molecule is Cc1ccc(C(F)(F)CC2CNC2)cc1. The number of rotatable bonds is 3. The maximum Gasteiger partial charge on any atom is 0.273 e. The maximum absolute atomic E-state index is 13.7. The van der Waals surface area contributed by atoms with Crippen molar-refractivity contribution in [2.24, 2.45) is 5.92 Å². The Morgan fingerprint density at radius 3 is 2.33 bits per heavy atom. The highest BCUT2D eigenvalue weighted by atomic mass is 19.3. The molecule has 0 amide bonds. The quantitative estimate of drug-likeness (QED) is 0.810. The van der Waals surface area contributed by atoms with Crippen molar-refractivity contribution in [2.45, 2.75) is 19.3 Å². The Balaban J connectivity index is 2.09. The van der Waals surface area contributed by atoms with Gasteiger partial charge in [0.1, 0.15) is 0 Å². The Morgan fingerprint density at radius 1 is 1.27 bits per heavy atom. The monoisotopic (exact) mass is 211 g/mol. The normalized spacial score (nSPS) is 17.5. The van der Waals surface area contributed by atoms with Crippen molar-refractivity contribution >= 4 is 0 Å². The first kappa shape index (κ1) is 10.6. The zero-order valence-electron chi connectivity index (χ0n) is 8.76. The molecule has 1 aromatic carbocycles. The number of benzene rings is 1. The molecule has 0 aliphatic carbocycles. The number of hydrogen-bond acceptors (Lipinski definition) is 1. The third-order valence-corrected chi connectivity index (χ3v) is 2.88. The summed E-state index contributed by atoms with van der Waals surface area (Å²) in [5, 5.41) is 3.01. The number of alkyl halides is 2. The Labute approximate surface area is 88.5 Å². The predicted molar refractivity (Wildman–Crippen MR) is 56.0 cm³/mol. The van der Waals surface area contributed by atoms with Crippen LogP contribution in [0.1, 0.15) is 17.5 Å². The summed E-state index contributed by atoms with van der Waals surface area (Å²) in [6.07, 6.45) is -0.0386. The summed E-state index contributed by atoms with van der Waals surface area (Å²) >= 11 is 0. The fraction of sp³-hybridized carbons (Fsp3) is 0.500. The molecule has 0 bridgehead atoms. The molecule has 1 nitrogen and oxygen atoms in total. The van der Waals surface area contributed by atoms with Gasteiger partial charge < -0.3 is 5.32 Å². The van der Waals surface area contributed by atoms with Gasteiger partial charge in [-0.3, -0.25) is 0 Å². The number of nitrogens with one attached hydrogen (secondary N) is 1. The average Bonchev–Trinajstić information content (AvgIpc) is 2.13. The minimum atomic E-state index is -2.68. The molecule has 15 heavy (non-hydrogen) atoms. The lowest BCUT2D eigenvalue weighted by molar-refractivity contribution is -0.0356. The Hall–Kier alpha value is -0.960. The van der Waals surface area contributed by atoms with E-state index < -0.39 is 5.92 Å². The first-order chi connectivity index (χ1) is 7.08. The Bertz CT molecular complexity index is 328. The molecule has 1 aliphatic rings. The van der Waals surface area contributed by atoms with Crippen molar-refractivity contribution in [3.05, 3.63) is 35.4 Å². The van der Waals surface area contributed by atoms with Gasteiger partial charge in [0.15, 0.2) is 0 Å². The van der Waals surface area contributed by atoms with Gasteiger partial charge in [-0.25, -0.2) is 8.78 Å². The lowest BCUT2D eigenvalue weighted by atomic mass is 9.91. The van der Waals surface area contributed by atoms with Gasteiger partial charge >= 0.3 is 0 Å². The first-order valence-electron chi connectivity index (χ1n) is 5.23. The van der Waals surface area contributed by atoms with Crippen molar-refractivity contribution in [2.75, 3.05) is 13.1 Å². The minimum Gasteiger partial charge on any atom is -0.316 e. The van der Waals surface area contributed by atoms with Crippen molar-refractivity contribution in [3.8, 4) is 0 Å². The Kier molecular flexibility index (Phi) is 2.74. The lowest BCUT2D eigenvalue weighted by Gasteiger charge is -2.30. The molecule has 0 saturated carbocycles. The molecule has 1 N–H and O–H groups in total. The molecule has 0 spiro atoms. The number of aryl methyl sites for hydroxylation is 1. The van der Waals surface area contributed by atoms with Gasteiger partial charge in [0.2, 0.25) is 0 Å². The largest absolute Gasteiger partial charge is 0.316 e. The standard InChI is InChI=1S/C12H15F2N/c1-9-2-4-11(5-3-9)12(13,14)6-10-7-15-8-10/h2-5,10,15H,6-8H2,1H3. The van der Waals surface area contributed by atoms with Crippen molar-refractivity contribution in [3.63, 3.8) is 0 Å². The molecular formula is C12H15F2N. The van der Waals surface area contributed by atoms with Gasteiger partial charge in [-0.05, 0) is 25.9 Å². The van der Waals surface area contributed by atoms with Crippen molar-refractivity contribution in [1.29, 1.82) is 0 Å². The topological polar surface area (TPSA) is 12.0 Å². The van der Waals surface area contributed by atoms with Gasteiger partial charge in [-0.1, -0.05) is 29.8 Å². The molecule has 1 aromatic rings. The van der Waals surface area contributed by atoms with E-state index in [1.165, 1.54) is 12.1 Å². The van der Waals surface area contributed by atoms with Crippen LogP contribution in [0.4, 0.5) is 8.78 Å². The summed E-state index contributed by atoms with van der Waals surface area (Å²) in [5.74, 6) is -2.55. The van der Waals surface area contributed by atoms with Crippen LogP contribution in [-0.2, 0) is 5.92 Å². The van der Waals surface area contributed by atoms with E-state index in [0.717, 1.165) is 18.7 Å². The second kappa shape index (κ2) is 3.89. The molecule has 1 saturated heterocycles. The van der Waals surface area contributed by atoms with Crippen molar-refractivity contribution < 1.29 is 8.78 Å². The van der Waals surface area contributed by atoms with Gasteiger partial charge in [0, 0.05) is 12.0 Å². The third kappa shape index (κ3) is 2.34. The van der Waals surface area contributed by atoms with Crippen LogP contribution in [0.5, 0.6) is 0 Å². The van der Waals surface area contributed by atoms with Gasteiger partial charge in [-0.15, -0.1) is 0 Å². The summed E-state index contributed by atoms with van der Waals surface area (Å²) in [4.78, 5) is 0. The summed E-state index contributed by atoms with van der Waals surface area (Å²) in [6, 6.07) is 6.54. The number of halogens is 2. The molecule has 2 rings (SSSR count). The van der Waals surface area contributed by atoms with E-state index in [9.17, 15) is 8.78 Å². The van der Waals surface area contributed by atoms with Crippen LogP contribution < -0.4 is 5.32 Å². The van der Waals surface area contributed by atoms with E-state index in [4.69, 9.17) is 0 Å². The Morgan fingerprint density at radius 2 is 1.87 bits per heavy atom. The molecule has 3 heteroatoms. The van der Waals surface area contributed by atoms with E-state index in [1.54, 1.807) is 12.1 Å². The van der Waals surface area contributed by atoms with Crippen LogP contribution in [0.25, 0.3) is 0 Å². The van der Waals surface area contributed by atoms with Crippen LogP contribution in [0, 0.1) is 12.8 Å². The average molecular weight is 211 g/mol. The molecule has 82 valence electrons. The smallest absolute Gasteiger partial charge is 0.273 e. The first-order valence-corrected chi connectivity index (χ1v) is 5.23. The second-order valence-electron chi connectivity index (χ2n) is 4.30. The molecule has 1 heterocycles. The highest BCUT2D eigenvalue weighted by Gasteiger charge is 2.36. The lowest BCUT2D eigenvalue weighted by Crippen LogP contribution is -2.44. The predicted octanol–water partition coefficient (Wildman–Crippen LogP) is 2.70. The zero-order chi connectivity index (χ0) is 10.9. The molecule has 1 fully saturated rings. The maximum atomic E-state index is 13.7. The molecule has 0 radical (unpaired) electrons. The third-order valence-electron chi connectivity index (χ3n) is 2.88. The van der Waals surface area contributed by atoms with Crippen LogP contribution >= 0.6 is 0 Å². The molecule has 0 aromatic heterocycles. The number of hydrogen-bond donors (Lipinski definition) is 1. The van der Waals surface area contributed by atoms with E-state index in [1.807, 2.05) is 6.92 Å². The molecule has 0 atom stereocenters. The fourth-order valence-corrected chi connectivity index (χ4v) is 1.77. The van der Waals surface area contributed by atoms with Gasteiger partial charge in [0.25, 0.3) is 5.92 Å². The highest BCUT2D eigenvalue weighted by molar-refractivity contribution is 5.25. The van der Waals surface area contributed by atoms with E-state index >= 15 is 0 Å². The van der Waals surface area contributed by atoms with Crippen LogP contribution in [0.15, 0.2) is 24.3 Å².